The number of amides is 3. The number of hydrogen-bond acceptors (Lipinski definition) is 5. The Labute approximate surface area is 157 Å². The van der Waals surface area contributed by atoms with Crippen LogP contribution in [0.2, 0.25) is 0 Å². The molecule has 1 aromatic carbocycles. The molecule has 0 unspecified atom stereocenters. The first-order chi connectivity index (χ1) is 13.2. The summed E-state index contributed by atoms with van der Waals surface area (Å²) in [6.45, 7) is 3.46. The lowest BCUT2D eigenvalue weighted by Crippen LogP contribution is -2.42. The van der Waals surface area contributed by atoms with E-state index in [1.807, 2.05) is 10.8 Å². The van der Waals surface area contributed by atoms with Crippen molar-refractivity contribution in [2.75, 3.05) is 44.8 Å². The van der Waals surface area contributed by atoms with E-state index >= 15 is 0 Å². The van der Waals surface area contributed by atoms with Crippen molar-refractivity contribution in [2.45, 2.75) is 6.54 Å². The average Bonchev–Trinajstić information content (AvgIpc) is 3.21. The summed E-state index contributed by atoms with van der Waals surface area (Å²) < 4.78 is 12.6. The second kappa shape index (κ2) is 9.58. The molecule has 2 N–H and O–H groups in total. The van der Waals surface area contributed by atoms with Gasteiger partial charge in [-0.3, -0.25) is 4.79 Å². The number of nitrogens with one attached hydrogen (secondary N) is 2. The number of morpholine rings is 1. The van der Waals surface area contributed by atoms with E-state index < -0.39 is 0 Å². The van der Waals surface area contributed by atoms with E-state index in [1.165, 1.54) is 0 Å². The van der Waals surface area contributed by atoms with Gasteiger partial charge in [-0.1, -0.05) is 0 Å². The summed E-state index contributed by atoms with van der Waals surface area (Å²) in [5, 5.41) is 5.52. The molecule has 9 heteroatoms. The van der Waals surface area contributed by atoms with Gasteiger partial charge in [0.2, 0.25) is 0 Å². The van der Waals surface area contributed by atoms with Gasteiger partial charge in [-0.05, 0) is 24.3 Å². The van der Waals surface area contributed by atoms with Crippen molar-refractivity contribution in [1.82, 2.24) is 19.8 Å². The number of benzene rings is 1. The van der Waals surface area contributed by atoms with E-state index in [0.717, 1.165) is 0 Å². The van der Waals surface area contributed by atoms with E-state index in [0.29, 0.717) is 50.8 Å². The van der Waals surface area contributed by atoms with Crippen molar-refractivity contribution in [3.05, 3.63) is 43.0 Å². The van der Waals surface area contributed by atoms with Crippen molar-refractivity contribution in [1.29, 1.82) is 0 Å². The van der Waals surface area contributed by atoms with Crippen molar-refractivity contribution in [2.24, 2.45) is 0 Å². The molecule has 0 bridgehead atoms. The molecule has 3 amide bonds. The van der Waals surface area contributed by atoms with Gasteiger partial charge in [0.25, 0.3) is 5.91 Å². The van der Waals surface area contributed by atoms with Crippen molar-refractivity contribution < 1.29 is 19.1 Å². The lowest BCUT2D eigenvalue weighted by atomic mass is 10.3. The van der Waals surface area contributed by atoms with Crippen molar-refractivity contribution in [3.8, 4) is 5.75 Å². The molecule has 1 saturated heterocycles. The lowest BCUT2D eigenvalue weighted by Gasteiger charge is -2.26. The molecule has 0 saturated carbocycles. The number of nitrogens with zero attached hydrogens (tertiary/aromatic N) is 3. The predicted octanol–water partition coefficient (Wildman–Crippen LogP) is 0.942. The van der Waals surface area contributed by atoms with Gasteiger partial charge < -0.3 is 29.6 Å². The molecule has 0 aliphatic carbocycles. The number of ether oxygens (including phenoxy) is 2. The van der Waals surface area contributed by atoms with Gasteiger partial charge in [0.15, 0.2) is 6.61 Å². The van der Waals surface area contributed by atoms with E-state index in [1.54, 1.807) is 41.7 Å². The van der Waals surface area contributed by atoms with E-state index in [4.69, 9.17) is 9.47 Å². The lowest BCUT2D eigenvalue weighted by molar-refractivity contribution is -0.137. The number of carbonyl (C=O) groups excluding carboxylic acids is 2. The molecule has 144 valence electrons. The molecule has 1 aliphatic heterocycles. The molecule has 0 spiro atoms. The van der Waals surface area contributed by atoms with Gasteiger partial charge in [0.05, 0.1) is 19.5 Å². The summed E-state index contributed by atoms with van der Waals surface area (Å²) in [6, 6.07) is 6.60. The maximum absolute atomic E-state index is 12.0. The fraction of sp³-hybridized carbons (Fsp3) is 0.389. The second-order valence-corrected chi connectivity index (χ2v) is 5.99. The van der Waals surface area contributed by atoms with Gasteiger partial charge >= 0.3 is 6.03 Å². The zero-order valence-corrected chi connectivity index (χ0v) is 15.0. The fourth-order valence-electron chi connectivity index (χ4n) is 2.58. The van der Waals surface area contributed by atoms with Crippen LogP contribution in [-0.2, 0) is 16.1 Å². The normalized spacial score (nSPS) is 13.9. The van der Waals surface area contributed by atoms with Gasteiger partial charge in [0.1, 0.15) is 5.75 Å². The molecule has 9 nitrogen and oxygen atoms in total. The van der Waals surface area contributed by atoms with E-state index in [-0.39, 0.29) is 18.5 Å². The quantitative estimate of drug-likeness (QED) is 0.753. The summed E-state index contributed by atoms with van der Waals surface area (Å²) >= 11 is 0. The topological polar surface area (TPSA) is 97.7 Å². The summed E-state index contributed by atoms with van der Waals surface area (Å²) in [5.41, 5.74) is 0.641. The van der Waals surface area contributed by atoms with Crippen LogP contribution in [0.4, 0.5) is 10.5 Å². The van der Waals surface area contributed by atoms with Gasteiger partial charge in [0, 0.05) is 44.3 Å². The Kier molecular flexibility index (Phi) is 6.64. The number of hydrogen-bond donors (Lipinski definition) is 2. The predicted molar refractivity (Wildman–Crippen MR) is 98.6 cm³/mol. The van der Waals surface area contributed by atoms with Crippen LogP contribution in [0.25, 0.3) is 0 Å². The first-order valence-electron chi connectivity index (χ1n) is 8.80. The molecule has 1 aromatic heterocycles. The molecule has 1 fully saturated rings. The highest BCUT2D eigenvalue weighted by atomic mass is 16.5. The highest BCUT2D eigenvalue weighted by Gasteiger charge is 2.17. The minimum Gasteiger partial charge on any atom is -0.484 e. The third-order valence-electron chi connectivity index (χ3n) is 4.05. The molecule has 2 heterocycles. The summed E-state index contributed by atoms with van der Waals surface area (Å²) in [5.74, 6) is 0.514. The minimum atomic E-state index is -0.286. The molecule has 27 heavy (non-hydrogen) atoms. The number of carbonyl (C=O) groups is 2. The number of anilines is 1. The Morgan fingerprint density at radius 3 is 2.67 bits per heavy atom. The van der Waals surface area contributed by atoms with Crippen LogP contribution in [0.15, 0.2) is 43.0 Å². The molecular weight excluding hydrogens is 350 g/mol. The first kappa shape index (κ1) is 18.7. The Hall–Kier alpha value is -3.07. The van der Waals surface area contributed by atoms with Crippen LogP contribution in [-0.4, -0.2) is 65.8 Å². The smallest absolute Gasteiger partial charge is 0.319 e. The van der Waals surface area contributed by atoms with Crippen LogP contribution in [0.3, 0.4) is 0 Å². The zero-order valence-electron chi connectivity index (χ0n) is 15.0. The molecule has 3 rings (SSSR count). The molecular formula is C18H23N5O4. The third kappa shape index (κ3) is 6.00. The highest BCUT2D eigenvalue weighted by molar-refractivity contribution is 5.89. The van der Waals surface area contributed by atoms with Crippen LogP contribution in [0.5, 0.6) is 5.75 Å². The van der Waals surface area contributed by atoms with Gasteiger partial charge in [-0.2, -0.15) is 0 Å². The summed E-state index contributed by atoms with van der Waals surface area (Å²) in [6.07, 6.45) is 5.22. The maximum Gasteiger partial charge on any atom is 0.319 e. The van der Waals surface area contributed by atoms with Crippen molar-refractivity contribution >= 4 is 17.6 Å². The summed E-state index contributed by atoms with van der Waals surface area (Å²) in [7, 11) is 0. The maximum atomic E-state index is 12.0. The Balaban J connectivity index is 1.37. The van der Waals surface area contributed by atoms with Gasteiger partial charge in [-0.15, -0.1) is 0 Å². The van der Waals surface area contributed by atoms with E-state index in [9.17, 15) is 9.59 Å². The Morgan fingerprint density at radius 2 is 1.96 bits per heavy atom. The SMILES string of the molecule is O=C(NCCn1ccnc1)Nc1ccc(OCC(=O)N2CCOCC2)cc1. The monoisotopic (exact) mass is 373 g/mol. The van der Waals surface area contributed by atoms with Gasteiger partial charge in [-0.25, -0.2) is 9.78 Å². The highest BCUT2D eigenvalue weighted by Crippen LogP contribution is 2.15. The van der Waals surface area contributed by atoms with Crippen molar-refractivity contribution in [3.63, 3.8) is 0 Å². The summed E-state index contributed by atoms with van der Waals surface area (Å²) in [4.78, 5) is 29.6. The fourth-order valence-corrected chi connectivity index (χ4v) is 2.58. The third-order valence-corrected chi connectivity index (χ3v) is 4.05. The molecule has 2 aromatic rings. The number of rotatable bonds is 7. The second-order valence-electron chi connectivity index (χ2n) is 5.99. The molecule has 0 atom stereocenters. The average molecular weight is 373 g/mol. The van der Waals surface area contributed by atoms with Crippen LogP contribution in [0.1, 0.15) is 0 Å². The minimum absolute atomic E-state index is 0.0124. The van der Waals surface area contributed by atoms with Crippen LogP contribution < -0.4 is 15.4 Å². The number of urea groups is 1. The Morgan fingerprint density at radius 1 is 1.19 bits per heavy atom. The molecule has 0 radical (unpaired) electrons. The first-order valence-corrected chi connectivity index (χ1v) is 8.80. The largest absolute Gasteiger partial charge is 0.484 e. The zero-order chi connectivity index (χ0) is 18.9. The Bertz CT molecular complexity index is 727. The van der Waals surface area contributed by atoms with E-state index in [2.05, 4.69) is 15.6 Å². The standard InChI is InChI=1S/C18H23N5O4/c24-17(23-9-11-26-12-10-23)13-27-16-3-1-15(2-4-16)21-18(25)20-6-8-22-7-5-19-14-22/h1-5,7,14H,6,8-13H2,(H2,20,21,25). The number of aromatic nitrogens is 2. The van der Waals surface area contributed by atoms with Crippen LogP contribution >= 0.6 is 0 Å². The molecule has 1 aliphatic rings. The number of imidazole rings is 1. The van der Waals surface area contributed by atoms with Crippen LogP contribution in [0, 0.1) is 0 Å².